The second kappa shape index (κ2) is 3.89. The molecule has 0 saturated heterocycles. The van der Waals surface area contributed by atoms with Gasteiger partial charge in [-0.2, -0.15) is 10.1 Å². The van der Waals surface area contributed by atoms with Crippen LogP contribution in [0.3, 0.4) is 0 Å². The Morgan fingerprint density at radius 1 is 1.19 bits per heavy atom. The maximum atomic E-state index is 11.9. The molecule has 1 aliphatic rings. The molecule has 0 unspecified atom stereocenters. The van der Waals surface area contributed by atoms with Crippen molar-refractivity contribution in [3.05, 3.63) is 35.4 Å². The van der Waals surface area contributed by atoms with Crippen molar-refractivity contribution >= 4 is 17.5 Å². The number of nitrogens with zero attached hydrogens (tertiary/aromatic N) is 2. The third-order valence-corrected chi connectivity index (χ3v) is 2.55. The molecule has 1 aromatic carbocycles. The van der Waals surface area contributed by atoms with E-state index in [-0.39, 0.29) is 11.8 Å². The van der Waals surface area contributed by atoms with E-state index in [1.165, 1.54) is 0 Å². The van der Waals surface area contributed by atoms with Gasteiger partial charge in [-0.3, -0.25) is 9.59 Å². The predicted molar refractivity (Wildman–Crippen MR) is 60.3 cm³/mol. The fraction of sp³-hybridized carbons (Fsp3) is 0.250. The van der Waals surface area contributed by atoms with Crippen LogP contribution in [0.1, 0.15) is 41.0 Å². The molecule has 82 valence electrons. The van der Waals surface area contributed by atoms with E-state index in [2.05, 4.69) is 5.10 Å². The van der Waals surface area contributed by atoms with Gasteiger partial charge in [-0.25, -0.2) is 0 Å². The molecule has 4 heteroatoms. The van der Waals surface area contributed by atoms with E-state index >= 15 is 0 Å². The number of hydrazone groups is 1. The maximum absolute atomic E-state index is 11.9. The predicted octanol–water partition coefficient (Wildman–Crippen LogP) is 2.07. The van der Waals surface area contributed by atoms with Crippen molar-refractivity contribution in [1.29, 1.82) is 0 Å². The van der Waals surface area contributed by atoms with Crippen LogP contribution in [0.2, 0.25) is 0 Å². The largest absolute Gasteiger partial charge is 0.282 e. The zero-order chi connectivity index (χ0) is 11.7. The van der Waals surface area contributed by atoms with Gasteiger partial charge in [0.1, 0.15) is 0 Å². The van der Waals surface area contributed by atoms with Gasteiger partial charge in [0.2, 0.25) is 0 Å². The summed E-state index contributed by atoms with van der Waals surface area (Å²) in [5.74, 6) is -0.679. The maximum Gasteiger partial charge on any atom is 0.282 e. The molecule has 0 aliphatic carbocycles. The summed E-state index contributed by atoms with van der Waals surface area (Å²) in [6.07, 6.45) is 0.716. The SMILES string of the molecule is CC/C(C)=N\N1C(=O)c2ccccc2C1=O. The van der Waals surface area contributed by atoms with Gasteiger partial charge in [-0.15, -0.1) is 0 Å². The Morgan fingerprint density at radius 3 is 2.12 bits per heavy atom. The summed E-state index contributed by atoms with van der Waals surface area (Å²) >= 11 is 0. The van der Waals surface area contributed by atoms with Crippen molar-refractivity contribution in [2.75, 3.05) is 0 Å². The van der Waals surface area contributed by atoms with Crippen molar-refractivity contribution < 1.29 is 9.59 Å². The standard InChI is InChI=1S/C12H12N2O2/c1-3-8(2)13-14-11(15)9-6-4-5-7-10(9)12(14)16/h4-7H,3H2,1-2H3/b13-8-. The lowest BCUT2D eigenvalue weighted by molar-refractivity contribution is 0.0658. The van der Waals surface area contributed by atoms with Gasteiger partial charge in [-0.05, 0) is 25.5 Å². The monoisotopic (exact) mass is 216 g/mol. The number of carbonyl (C=O) groups excluding carboxylic acids is 2. The van der Waals surface area contributed by atoms with Crippen molar-refractivity contribution in [3.63, 3.8) is 0 Å². The third kappa shape index (κ3) is 1.52. The van der Waals surface area contributed by atoms with Gasteiger partial charge >= 0.3 is 0 Å². The topological polar surface area (TPSA) is 49.7 Å². The summed E-state index contributed by atoms with van der Waals surface area (Å²) < 4.78 is 0. The second-order valence-electron chi connectivity index (χ2n) is 3.66. The molecular formula is C12H12N2O2. The molecule has 2 amide bonds. The molecule has 0 radical (unpaired) electrons. The summed E-state index contributed by atoms with van der Waals surface area (Å²) in [4.78, 5) is 23.7. The molecule has 0 bridgehead atoms. The normalized spacial score (nSPS) is 15.6. The van der Waals surface area contributed by atoms with Gasteiger partial charge in [0.15, 0.2) is 0 Å². The third-order valence-electron chi connectivity index (χ3n) is 2.55. The molecule has 16 heavy (non-hydrogen) atoms. The number of rotatable bonds is 2. The summed E-state index contributed by atoms with van der Waals surface area (Å²) in [6.45, 7) is 3.72. The molecule has 1 heterocycles. The van der Waals surface area contributed by atoms with E-state index in [1.54, 1.807) is 31.2 Å². The van der Waals surface area contributed by atoms with Crippen molar-refractivity contribution in [2.24, 2.45) is 5.10 Å². The highest BCUT2D eigenvalue weighted by Crippen LogP contribution is 2.22. The van der Waals surface area contributed by atoms with Gasteiger partial charge in [0.05, 0.1) is 11.1 Å². The van der Waals surface area contributed by atoms with Gasteiger partial charge in [0.25, 0.3) is 11.8 Å². The van der Waals surface area contributed by atoms with Crippen molar-refractivity contribution in [1.82, 2.24) is 5.01 Å². The molecule has 1 aromatic rings. The van der Waals surface area contributed by atoms with Gasteiger partial charge in [-0.1, -0.05) is 19.1 Å². The lowest BCUT2D eigenvalue weighted by atomic mass is 10.1. The first kappa shape index (κ1) is 10.5. The molecule has 0 atom stereocenters. The molecule has 4 nitrogen and oxygen atoms in total. The highest BCUT2D eigenvalue weighted by atomic mass is 16.2. The number of carbonyl (C=O) groups is 2. The van der Waals surface area contributed by atoms with Crippen LogP contribution in [-0.4, -0.2) is 22.5 Å². The van der Waals surface area contributed by atoms with E-state index in [4.69, 9.17) is 0 Å². The Balaban J connectivity index is 2.43. The molecule has 0 N–H and O–H groups in total. The number of imide groups is 1. The number of hydrogen-bond donors (Lipinski definition) is 0. The first-order valence-corrected chi connectivity index (χ1v) is 5.17. The molecule has 0 spiro atoms. The van der Waals surface area contributed by atoms with Crippen LogP contribution in [-0.2, 0) is 0 Å². The minimum Gasteiger partial charge on any atom is -0.267 e. The Morgan fingerprint density at radius 2 is 1.69 bits per heavy atom. The van der Waals surface area contributed by atoms with E-state index in [0.29, 0.717) is 17.5 Å². The van der Waals surface area contributed by atoms with Crippen LogP contribution in [0.4, 0.5) is 0 Å². The lowest BCUT2D eigenvalue weighted by Gasteiger charge is -2.07. The molecular weight excluding hydrogens is 204 g/mol. The zero-order valence-corrected chi connectivity index (χ0v) is 9.23. The summed E-state index contributed by atoms with van der Waals surface area (Å²) in [5.41, 5.74) is 1.62. The zero-order valence-electron chi connectivity index (χ0n) is 9.23. The van der Waals surface area contributed by atoms with Crippen LogP contribution >= 0.6 is 0 Å². The van der Waals surface area contributed by atoms with E-state index in [1.807, 2.05) is 6.92 Å². The summed E-state index contributed by atoms with van der Waals surface area (Å²) in [7, 11) is 0. The quantitative estimate of drug-likeness (QED) is 0.561. The minimum absolute atomic E-state index is 0.339. The number of benzene rings is 1. The molecule has 0 fully saturated rings. The fourth-order valence-electron chi connectivity index (χ4n) is 1.51. The fourth-order valence-corrected chi connectivity index (χ4v) is 1.51. The molecule has 2 rings (SSSR count). The first-order chi connectivity index (χ1) is 7.65. The number of amides is 2. The van der Waals surface area contributed by atoms with Crippen molar-refractivity contribution in [3.8, 4) is 0 Å². The minimum atomic E-state index is -0.339. The summed E-state index contributed by atoms with van der Waals surface area (Å²) in [5, 5.41) is 4.97. The van der Waals surface area contributed by atoms with Gasteiger partial charge in [0, 0.05) is 5.71 Å². The van der Waals surface area contributed by atoms with E-state index in [9.17, 15) is 9.59 Å². The number of hydrogen-bond acceptors (Lipinski definition) is 3. The van der Waals surface area contributed by atoms with E-state index < -0.39 is 0 Å². The van der Waals surface area contributed by atoms with Crippen molar-refractivity contribution in [2.45, 2.75) is 20.3 Å². The van der Waals surface area contributed by atoms with Crippen LogP contribution in [0, 0.1) is 0 Å². The Hall–Kier alpha value is -1.97. The van der Waals surface area contributed by atoms with Crippen LogP contribution < -0.4 is 0 Å². The first-order valence-electron chi connectivity index (χ1n) is 5.17. The highest BCUT2D eigenvalue weighted by Gasteiger charge is 2.35. The highest BCUT2D eigenvalue weighted by molar-refractivity contribution is 6.21. The Kier molecular flexibility index (Phi) is 2.56. The Labute approximate surface area is 93.6 Å². The summed E-state index contributed by atoms with van der Waals surface area (Å²) in [6, 6.07) is 6.77. The molecule has 0 aromatic heterocycles. The smallest absolute Gasteiger partial charge is 0.267 e. The average molecular weight is 216 g/mol. The van der Waals surface area contributed by atoms with Crippen LogP contribution in [0.25, 0.3) is 0 Å². The second-order valence-corrected chi connectivity index (χ2v) is 3.66. The molecule has 1 aliphatic heterocycles. The van der Waals surface area contributed by atoms with E-state index in [0.717, 1.165) is 10.7 Å². The number of fused-ring (bicyclic) bond motifs is 1. The van der Waals surface area contributed by atoms with Crippen LogP contribution in [0.5, 0.6) is 0 Å². The van der Waals surface area contributed by atoms with Crippen LogP contribution in [0.15, 0.2) is 29.4 Å². The average Bonchev–Trinajstić information content (AvgIpc) is 2.55. The Bertz CT molecular complexity index is 457. The van der Waals surface area contributed by atoms with Gasteiger partial charge < -0.3 is 0 Å². The lowest BCUT2D eigenvalue weighted by Crippen LogP contribution is -2.25. The molecule has 0 saturated carbocycles.